The molecular formula is C34H37F2N7O2. The predicted molar refractivity (Wildman–Crippen MR) is 166 cm³/mol. The lowest BCUT2D eigenvalue weighted by Crippen LogP contribution is -2.55. The van der Waals surface area contributed by atoms with Crippen LogP contribution >= 0.6 is 0 Å². The number of piperazine rings is 1. The Bertz CT molecular complexity index is 1700. The van der Waals surface area contributed by atoms with Gasteiger partial charge in [-0.05, 0) is 87.7 Å². The Morgan fingerprint density at radius 1 is 1.07 bits per heavy atom. The summed E-state index contributed by atoms with van der Waals surface area (Å²) in [4.78, 5) is 32.4. The molecule has 234 valence electrons. The maximum absolute atomic E-state index is 16.1. The molecule has 0 radical (unpaired) electrons. The molecule has 3 aromatic rings. The molecule has 4 aliphatic rings. The second-order valence-corrected chi connectivity index (χ2v) is 12.8. The maximum Gasteiger partial charge on any atom is 0.319 e. The molecule has 0 saturated carbocycles. The summed E-state index contributed by atoms with van der Waals surface area (Å²) in [5, 5.41) is 10.0. The van der Waals surface area contributed by atoms with Crippen molar-refractivity contribution in [3.05, 3.63) is 53.9 Å². The van der Waals surface area contributed by atoms with E-state index >= 15 is 4.39 Å². The van der Waals surface area contributed by atoms with Gasteiger partial charge in [0.05, 0.1) is 29.6 Å². The fourth-order valence-corrected chi connectivity index (χ4v) is 7.93. The highest BCUT2D eigenvalue weighted by molar-refractivity contribution is 5.94. The molecule has 7 rings (SSSR count). The number of rotatable bonds is 7. The highest BCUT2D eigenvalue weighted by Gasteiger charge is 2.45. The number of hydrogen-bond donors (Lipinski definition) is 0. The molecular weight excluding hydrogens is 576 g/mol. The number of amides is 1. The third-order valence-electron chi connectivity index (χ3n) is 10.2. The largest absolute Gasteiger partial charge is 0.461 e. The summed E-state index contributed by atoms with van der Waals surface area (Å²) >= 11 is 0. The molecule has 3 aliphatic heterocycles. The molecule has 3 fully saturated rings. The molecule has 5 heterocycles. The first-order valence-corrected chi connectivity index (χ1v) is 16.0. The second kappa shape index (κ2) is 12.0. The third-order valence-corrected chi connectivity index (χ3v) is 10.2. The Morgan fingerprint density at radius 3 is 2.64 bits per heavy atom. The summed E-state index contributed by atoms with van der Waals surface area (Å²) < 4.78 is 36.3. The van der Waals surface area contributed by atoms with Crippen molar-refractivity contribution in [3.8, 4) is 23.2 Å². The van der Waals surface area contributed by atoms with Crippen molar-refractivity contribution in [2.45, 2.75) is 69.4 Å². The molecule has 3 saturated heterocycles. The summed E-state index contributed by atoms with van der Waals surface area (Å²) in [6.45, 7) is 6.46. The highest BCUT2D eigenvalue weighted by atomic mass is 19.1. The predicted octanol–water partition coefficient (Wildman–Crippen LogP) is 5.13. The van der Waals surface area contributed by atoms with E-state index in [4.69, 9.17) is 14.7 Å². The maximum atomic E-state index is 16.1. The number of halogens is 2. The van der Waals surface area contributed by atoms with E-state index in [1.165, 1.54) is 11.0 Å². The Balaban J connectivity index is 1.29. The number of hydrogen-bond acceptors (Lipinski definition) is 8. The van der Waals surface area contributed by atoms with Crippen LogP contribution in [-0.4, -0.2) is 81.6 Å². The summed E-state index contributed by atoms with van der Waals surface area (Å²) in [5.74, 6) is -1.81. The molecule has 1 aliphatic carbocycles. The Labute approximate surface area is 261 Å². The average molecular weight is 614 g/mol. The van der Waals surface area contributed by atoms with Crippen molar-refractivity contribution >= 4 is 22.6 Å². The molecule has 1 amide bonds. The number of ether oxygens (including phenoxy) is 1. The minimum atomic E-state index is -1.06. The van der Waals surface area contributed by atoms with E-state index in [1.54, 1.807) is 12.3 Å². The molecule has 45 heavy (non-hydrogen) atoms. The fraction of sp³-hybridized carbons (Fsp3) is 0.500. The fourth-order valence-electron chi connectivity index (χ4n) is 7.93. The van der Waals surface area contributed by atoms with Gasteiger partial charge in [-0.15, -0.1) is 0 Å². The van der Waals surface area contributed by atoms with Crippen LogP contribution in [0.15, 0.2) is 36.9 Å². The molecule has 1 aromatic carbocycles. The summed E-state index contributed by atoms with van der Waals surface area (Å²) in [5.41, 5.74) is 4.05. The summed E-state index contributed by atoms with van der Waals surface area (Å²) in [6, 6.07) is 4.98. The van der Waals surface area contributed by atoms with Crippen LogP contribution < -0.4 is 9.64 Å². The van der Waals surface area contributed by atoms with Crippen molar-refractivity contribution < 1.29 is 18.3 Å². The quantitative estimate of drug-likeness (QED) is 0.339. The van der Waals surface area contributed by atoms with Gasteiger partial charge >= 0.3 is 6.01 Å². The van der Waals surface area contributed by atoms with Crippen LogP contribution in [-0.2, 0) is 17.6 Å². The minimum Gasteiger partial charge on any atom is -0.461 e. The molecule has 1 atom stereocenters. The van der Waals surface area contributed by atoms with Gasteiger partial charge in [0.1, 0.15) is 18.2 Å². The topological polar surface area (TPSA) is 98.5 Å². The summed E-state index contributed by atoms with van der Waals surface area (Å²) in [6.07, 6.45) is 12.0. The molecule has 9 nitrogen and oxygen atoms in total. The van der Waals surface area contributed by atoms with E-state index in [0.29, 0.717) is 35.4 Å². The summed E-state index contributed by atoms with van der Waals surface area (Å²) in [7, 11) is 0. The number of aromatic nitrogens is 3. The Hall–Kier alpha value is -4.17. The van der Waals surface area contributed by atoms with E-state index in [-0.39, 0.29) is 31.1 Å². The zero-order valence-corrected chi connectivity index (χ0v) is 25.4. The van der Waals surface area contributed by atoms with Gasteiger partial charge < -0.3 is 14.5 Å². The van der Waals surface area contributed by atoms with Crippen LogP contribution in [0.5, 0.6) is 6.01 Å². The molecule has 11 heteroatoms. The molecule has 2 aromatic heterocycles. The first-order valence-electron chi connectivity index (χ1n) is 16.0. The molecule has 0 unspecified atom stereocenters. The van der Waals surface area contributed by atoms with Crippen molar-refractivity contribution in [2.24, 2.45) is 0 Å². The van der Waals surface area contributed by atoms with Gasteiger partial charge in [0.15, 0.2) is 5.83 Å². The highest BCUT2D eigenvalue weighted by Crippen LogP contribution is 2.40. The monoisotopic (exact) mass is 613 g/mol. The number of nitrogens with zero attached hydrogens (tertiary/aromatic N) is 7. The zero-order valence-electron chi connectivity index (χ0n) is 25.4. The molecule has 0 bridgehead atoms. The Morgan fingerprint density at radius 2 is 1.87 bits per heavy atom. The van der Waals surface area contributed by atoms with Crippen molar-refractivity contribution in [3.63, 3.8) is 0 Å². The van der Waals surface area contributed by atoms with Gasteiger partial charge in [-0.3, -0.25) is 14.7 Å². The number of benzene rings is 1. The first kappa shape index (κ1) is 29.5. The normalized spacial score (nSPS) is 21.0. The van der Waals surface area contributed by atoms with Crippen LogP contribution in [0.4, 0.5) is 14.6 Å². The van der Waals surface area contributed by atoms with Gasteiger partial charge in [-0.25, -0.2) is 8.78 Å². The third kappa shape index (κ3) is 5.39. The van der Waals surface area contributed by atoms with Gasteiger partial charge in [0.2, 0.25) is 0 Å². The lowest BCUT2D eigenvalue weighted by atomic mass is 9.87. The number of fused-ring (bicyclic) bond motifs is 3. The van der Waals surface area contributed by atoms with Crippen LogP contribution in [0.25, 0.3) is 22.0 Å². The van der Waals surface area contributed by atoms with E-state index in [1.807, 2.05) is 11.1 Å². The zero-order chi connectivity index (χ0) is 31.1. The van der Waals surface area contributed by atoms with Crippen molar-refractivity contribution in [1.82, 2.24) is 24.8 Å². The van der Waals surface area contributed by atoms with Gasteiger partial charge in [-0.2, -0.15) is 15.2 Å². The number of carbonyl (C=O) groups excluding carboxylic acids is 1. The van der Waals surface area contributed by atoms with Gasteiger partial charge in [-0.1, -0.05) is 6.58 Å². The number of nitriles is 1. The number of anilines is 1. The van der Waals surface area contributed by atoms with Crippen LogP contribution in [0.3, 0.4) is 0 Å². The first-order chi connectivity index (χ1) is 21.9. The number of aryl methyl sites for hydroxylation is 1. The van der Waals surface area contributed by atoms with Crippen LogP contribution in [0.1, 0.15) is 56.1 Å². The van der Waals surface area contributed by atoms with Gasteiger partial charge in [0.25, 0.3) is 5.91 Å². The Kier molecular flexibility index (Phi) is 7.86. The van der Waals surface area contributed by atoms with Gasteiger partial charge in [0, 0.05) is 48.5 Å². The van der Waals surface area contributed by atoms with E-state index < -0.39 is 23.6 Å². The average Bonchev–Trinajstić information content (AvgIpc) is 3.64. The SMILES string of the molecule is C=C(F)C(=O)N1CCN(c2nc(OCC34CCCN3CCC4)nc3cc(-c4cncc5c4CCCC5)c(F)cc23)C[C@@H]1CC#N. The van der Waals surface area contributed by atoms with E-state index in [9.17, 15) is 14.4 Å². The van der Waals surface area contributed by atoms with Crippen LogP contribution in [0.2, 0.25) is 0 Å². The van der Waals surface area contributed by atoms with Crippen LogP contribution in [0, 0.1) is 17.1 Å². The van der Waals surface area contributed by atoms with E-state index in [2.05, 4.69) is 22.5 Å². The lowest BCUT2D eigenvalue weighted by Gasteiger charge is -2.41. The van der Waals surface area contributed by atoms with Crippen molar-refractivity contribution in [2.75, 3.05) is 44.2 Å². The number of carbonyl (C=O) groups is 1. The van der Waals surface area contributed by atoms with E-state index in [0.717, 1.165) is 81.1 Å². The second-order valence-electron chi connectivity index (χ2n) is 12.8. The molecule has 0 N–H and O–H groups in total. The molecule has 0 spiro atoms. The van der Waals surface area contributed by atoms with Crippen molar-refractivity contribution in [1.29, 1.82) is 5.26 Å². The smallest absolute Gasteiger partial charge is 0.319 e. The standard InChI is InChI=1S/C34H37F2N7O2/c1-22(35)32(44)43-15-14-41(20-24(43)8-11-37)31-27-16-29(36)26(28-19-38-18-23-6-2-3-7-25(23)28)17-30(27)39-33(40-31)45-21-34-9-4-12-42(34)13-5-10-34/h16-19,24H,1-10,12-15,20-21H2/t24-/m0/s1. The lowest BCUT2D eigenvalue weighted by molar-refractivity contribution is -0.131. The number of pyridine rings is 1. The minimum absolute atomic E-state index is 0.00484.